The normalized spacial score (nSPS) is 25.2. The van der Waals surface area contributed by atoms with Crippen LogP contribution in [0, 0.1) is 17.8 Å². The molecule has 0 saturated heterocycles. The molecule has 4 bridgehead atoms. The Kier molecular flexibility index (Phi) is 10.4. The molecule has 7 nitrogen and oxygen atoms in total. The summed E-state index contributed by atoms with van der Waals surface area (Å²) in [7, 11) is -3.83. The molecule has 3 aromatic rings. The van der Waals surface area contributed by atoms with Crippen molar-refractivity contribution >= 4 is 43.5 Å². The zero-order valence-corrected chi connectivity index (χ0v) is 31.5. The van der Waals surface area contributed by atoms with Gasteiger partial charge in [-0.05, 0) is 115 Å². The van der Waals surface area contributed by atoms with Crippen molar-refractivity contribution in [1.29, 1.82) is 0 Å². The third kappa shape index (κ3) is 7.99. The van der Waals surface area contributed by atoms with Gasteiger partial charge in [0.25, 0.3) is 0 Å². The Morgan fingerprint density at radius 1 is 0.820 bits per heavy atom. The molecule has 0 aromatic heterocycles. The molecule has 2 amide bonds. The first-order valence-electron chi connectivity index (χ1n) is 18.5. The minimum Gasteiger partial charge on any atom is -0.352 e. The van der Waals surface area contributed by atoms with Gasteiger partial charge in [-0.25, -0.2) is 8.42 Å². The summed E-state index contributed by atoms with van der Waals surface area (Å²) in [6.45, 7) is -0.224. The fraction of sp³-hybridized carbons (Fsp3) is 0.512. The minimum absolute atomic E-state index is 0.0687. The van der Waals surface area contributed by atoms with Crippen molar-refractivity contribution < 1.29 is 18.0 Å². The highest BCUT2D eigenvalue weighted by atomic mass is 79.9. The molecule has 0 spiro atoms. The van der Waals surface area contributed by atoms with Gasteiger partial charge < -0.3 is 10.2 Å². The third-order valence-electron chi connectivity index (χ3n) is 12.0. The predicted molar refractivity (Wildman–Crippen MR) is 202 cm³/mol. The summed E-state index contributed by atoms with van der Waals surface area (Å²) in [6.07, 6.45) is 14.4. The standard InChI is InChI=1S/C41H50BrN3O4S/c1-50(48,49)45(37-18-14-34(15-19-37)41-24-31-20-32(25-41)22-33(21-31)26-41)28-39(46)44(27-30-12-16-35(42)17-13-30)38(23-29-8-4-2-5-9-29)40(47)43-36-10-6-3-7-11-36/h2,4-5,8-9,12-19,31-33,36,38H,3,6-7,10-11,20-28H2,1H3,(H,43,47)/t31?,32?,33?,38-,41?/m0/s1. The lowest BCUT2D eigenvalue weighted by Crippen LogP contribution is -2.55. The topological polar surface area (TPSA) is 86.8 Å². The van der Waals surface area contributed by atoms with E-state index in [-0.39, 0.29) is 23.9 Å². The van der Waals surface area contributed by atoms with Crippen LogP contribution in [0.1, 0.15) is 87.3 Å². The molecule has 0 radical (unpaired) electrons. The lowest BCUT2D eigenvalue weighted by atomic mass is 9.48. The van der Waals surface area contributed by atoms with Crippen LogP contribution in [0.5, 0.6) is 0 Å². The largest absolute Gasteiger partial charge is 0.352 e. The smallest absolute Gasteiger partial charge is 0.244 e. The summed E-state index contributed by atoms with van der Waals surface area (Å²) in [6, 6.07) is 24.7. The molecular formula is C41H50BrN3O4S. The Morgan fingerprint density at radius 3 is 2.00 bits per heavy atom. The number of anilines is 1. The van der Waals surface area contributed by atoms with Crippen molar-refractivity contribution in [1.82, 2.24) is 10.2 Å². The molecule has 8 rings (SSSR count). The van der Waals surface area contributed by atoms with E-state index in [0.717, 1.165) is 65.3 Å². The fourth-order valence-corrected chi connectivity index (χ4v) is 11.1. The van der Waals surface area contributed by atoms with Gasteiger partial charge in [0.05, 0.1) is 11.9 Å². The van der Waals surface area contributed by atoms with Crippen LogP contribution in [0.3, 0.4) is 0 Å². The van der Waals surface area contributed by atoms with E-state index in [1.807, 2.05) is 66.7 Å². The van der Waals surface area contributed by atoms with E-state index in [2.05, 4.69) is 33.4 Å². The van der Waals surface area contributed by atoms with Gasteiger partial charge in [0.15, 0.2) is 0 Å². The maximum absolute atomic E-state index is 14.6. The quantitative estimate of drug-likeness (QED) is 0.205. The summed E-state index contributed by atoms with van der Waals surface area (Å²) < 4.78 is 29.0. The summed E-state index contributed by atoms with van der Waals surface area (Å²) in [4.78, 5) is 30.4. The minimum atomic E-state index is -3.83. The van der Waals surface area contributed by atoms with Crippen LogP contribution >= 0.6 is 15.9 Å². The van der Waals surface area contributed by atoms with Gasteiger partial charge in [-0.2, -0.15) is 0 Å². The van der Waals surface area contributed by atoms with E-state index in [1.165, 1.54) is 54.8 Å². The van der Waals surface area contributed by atoms with Gasteiger partial charge in [0.2, 0.25) is 21.8 Å². The number of sulfonamides is 1. The highest BCUT2D eigenvalue weighted by Gasteiger charge is 2.51. The molecule has 3 aromatic carbocycles. The van der Waals surface area contributed by atoms with Gasteiger partial charge in [0, 0.05) is 23.5 Å². The van der Waals surface area contributed by atoms with Crippen LogP contribution in [-0.2, 0) is 38.0 Å². The molecule has 0 aliphatic heterocycles. The Balaban J connectivity index is 1.18. The molecule has 266 valence electrons. The first-order chi connectivity index (χ1) is 24.0. The Morgan fingerprint density at radius 2 is 1.42 bits per heavy atom. The fourth-order valence-electron chi connectivity index (χ4n) is 9.94. The van der Waals surface area contributed by atoms with Crippen molar-refractivity contribution in [2.75, 3.05) is 17.1 Å². The molecule has 1 N–H and O–H groups in total. The van der Waals surface area contributed by atoms with E-state index in [0.29, 0.717) is 12.1 Å². The highest BCUT2D eigenvalue weighted by Crippen LogP contribution is 2.60. The van der Waals surface area contributed by atoms with Crippen LogP contribution in [0.25, 0.3) is 0 Å². The van der Waals surface area contributed by atoms with Crippen LogP contribution < -0.4 is 9.62 Å². The molecule has 0 unspecified atom stereocenters. The number of amides is 2. The second kappa shape index (κ2) is 14.8. The number of hydrogen-bond donors (Lipinski definition) is 1. The van der Waals surface area contributed by atoms with E-state index in [9.17, 15) is 18.0 Å². The van der Waals surface area contributed by atoms with Crippen LogP contribution in [0.2, 0.25) is 0 Å². The van der Waals surface area contributed by atoms with Crippen molar-refractivity contribution in [2.45, 2.75) is 101 Å². The average molecular weight is 761 g/mol. The Hall–Kier alpha value is -3.17. The van der Waals surface area contributed by atoms with Crippen molar-refractivity contribution in [3.63, 3.8) is 0 Å². The van der Waals surface area contributed by atoms with Crippen molar-refractivity contribution in [2.24, 2.45) is 17.8 Å². The number of hydrogen-bond acceptors (Lipinski definition) is 4. The van der Waals surface area contributed by atoms with E-state index < -0.39 is 28.5 Å². The van der Waals surface area contributed by atoms with Crippen molar-refractivity contribution in [3.05, 3.63) is 100 Å². The zero-order chi connectivity index (χ0) is 34.9. The number of halogens is 1. The number of carbonyl (C=O) groups is 2. The lowest BCUT2D eigenvalue weighted by Gasteiger charge is -2.57. The van der Waals surface area contributed by atoms with Crippen LogP contribution in [0.4, 0.5) is 5.69 Å². The SMILES string of the molecule is CS(=O)(=O)N(CC(=O)N(Cc1ccc(Br)cc1)[C@@H](Cc1ccccc1)C(=O)NC1CCCCC1)c1ccc(C23CC4CC(CC(C4)C2)C3)cc1. The molecular weight excluding hydrogens is 710 g/mol. The van der Waals surface area contributed by atoms with E-state index >= 15 is 0 Å². The monoisotopic (exact) mass is 759 g/mol. The average Bonchev–Trinajstić information content (AvgIpc) is 3.09. The highest BCUT2D eigenvalue weighted by molar-refractivity contribution is 9.10. The summed E-state index contributed by atoms with van der Waals surface area (Å²) >= 11 is 3.50. The maximum atomic E-state index is 14.6. The number of benzene rings is 3. The van der Waals surface area contributed by atoms with E-state index in [4.69, 9.17) is 0 Å². The molecule has 5 aliphatic rings. The second-order valence-electron chi connectivity index (χ2n) is 15.7. The molecule has 0 heterocycles. The summed E-state index contributed by atoms with van der Waals surface area (Å²) in [5.41, 5.74) is 3.76. The third-order valence-corrected chi connectivity index (χ3v) is 13.6. The van der Waals surface area contributed by atoms with Crippen molar-refractivity contribution in [3.8, 4) is 0 Å². The van der Waals surface area contributed by atoms with E-state index in [1.54, 1.807) is 4.90 Å². The molecule has 50 heavy (non-hydrogen) atoms. The number of nitrogens with zero attached hydrogens (tertiary/aromatic N) is 2. The number of nitrogens with one attached hydrogen (secondary N) is 1. The predicted octanol–water partition coefficient (Wildman–Crippen LogP) is 7.77. The van der Waals surface area contributed by atoms with Gasteiger partial charge in [0.1, 0.15) is 12.6 Å². The number of carbonyl (C=O) groups excluding carboxylic acids is 2. The maximum Gasteiger partial charge on any atom is 0.244 e. The second-order valence-corrected chi connectivity index (χ2v) is 18.5. The molecule has 9 heteroatoms. The van der Waals surface area contributed by atoms with Gasteiger partial charge >= 0.3 is 0 Å². The Bertz CT molecular complexity index is 1720. The van der Waals surface area contributed by atoms with Gasteiger partial charge in [-0.15, -0.1) is 0 Å². The van der Waals surface area contributed by atoms with Crippen LogP contribution in [-0.4, -0.2) is 50.0 Å². The first-order valence-corrected chi connectivity index (χ1v) is 21.2. The summed E-state index contributed by atoms with van der Waals surface area (Å²) in [5, 5.41) is 3.27. The molecule has 5 saturated carbocycles. The molecule has 1 atom stereocenters. The summed E-state index contributed by atoms with van der Waals surface area (Å²) in [5.74, 6) is 1.81. The lowest BCUT2D eigenvalue weighted by molar-refractivity contribution is -0.140. The zero-order valence-electron chi connectivity index (χ0n) is 29.1. The van der Waals surface area contributed by atoms with Crippen LogP contribution in [0.15, 0.2) is 83.3 Å². The Labute approximate surface area is 306 Å². The first kappa shape index (κ1) is 35.2. The van der Waals surface area contributed by atoms with Gasteiger partial charge in [-0.3, -0.25) is 13.9 Å². The molecule has 5 fully saturated rings. The number of rotatable bonds is 12. The molecule has 5 aliphatic carbocycles. The van der Waals surface area contributed by atoms with Gasteiger partial charge in [-0.1, -0.05) is 89.8 Å².